The SMILES string of the molecule is c1ccn2nc(NCCN3CCNCC3)nc2c1. The van der Waals surface area contributed by atoms with Crippen LogP contribution in [0.15, 0.2) is 24.4 Å². The molecule has 2 aromatic rings. The van der Waals surface area contributed by atoms with Gasteiger partial charge >= 0.3 is 0 Å². The fourth-order valence-corrected chi connectivity index (χ4v) is 2.17. The molecule has 96 valence electrons. The van der Waals surface area contributed by atoms with Crippen LogP contribution >= 0.6 is 0 Å². The van der Waals surface area contributed by atoms with Crippen LogP contribution in [-0.2, 0) is 0 Å². The van der Waals surface area contributed by atoms with E-state index in [9.17, 15) is 0 Å². The number of nitrogens with zero attached hydrogens (tertiary/aromatic N) is 4. The van der Waals surface area contributed by atoms with E-state index in [0.717, 1.165) is 44.9 Å². The fraction of sp³-hybridized carbons (Fsp3) is 0.500. The normalized spacial score (nSPS) is 17.1. The summed E-state index contributed by atoms with van der Waals surface area (Å²) >= 11 is 0. The molecule has 0 amide bonds. The highest BCUT2D eigenvalue weighted by molar-refractivity contribution is 5.42. The molecule has 0 radical (unpaired) electrons. The Morgan fingerprint density at radius 1 is 1.28 bits per heavy atom. The summed E-state index contributed by atoms with van der Waals surface area (Å²) in [7, 11) is 0. The first kappa shape index (κ1) is 11.4. The number of pyridine rings is 1. The molecule has 18 heavy (non-hydrogen) atoms. The predicted molar refractivity (Wildman–Crippen MR) is 70.8 cm³/mol. The maximum Gasteiger partial charge on any atom is 0.243 e. The highest BCUT2D eigenvalue weighted by Gasteiger charge is 2.09. The zero-order valence-electron chi connectivity index (χ0n) is 10.3. The van der Waals surface area contributed by atoms with Crippen molar-refractivity contribution in [2.24, 2.45) is 0 Å². The van der Waals surface area contributed by atoms with E-state index in [1.54, 1.807) is 4.52 Å². The molecular formula is C12H18N6. The second-order valence-corrected chi connectivity index (χ2v) is 4.46. The van der Waals surface area contributed by atoms with E-state index in [0.29, 0.717) is 5.95 Å². The summed E-state index contributed by atoms with van der Waals surface area (Å²) in [6, 6.07) is 5.87. The summed E-state index contributed by atoms with van der Waals surface area (Å²) in [5, 5.41) is 11.0. The lowest BCUT2D eigenvalue weighted by molar-refractivity contribution is 0.249. The van der Waals surface area contributed by atoms with E-state index in [1.165, 1.54) is 0 Å². The van der Waals surface area contributed by atoms with Gasteiger partial charge in [0.15, 0.2) is 5.65 Å². The van der Waals surface area contributed by atoms with E-state index >= 15 is 0 Å². The van der Waals surface area contributed by atoms with Crippen LogP contribution in [0.5, 0.6) is 0 Å². The van der Waals surface area contributed by atoms with Gasteiger partial charge in [-0.3, -0.25) is 4.90 Å². The van der Waals surface area contributed by atoms with Crippen molar-refractivity contribution >= 4 is 11.6 Å². The van der Waals surface area contributed by atoms with Crippen LogP contribution in [0.3, 0.4) is 0 Å². The van der Waals surface area contributed by atoms with Gasteiger partial charge in [-0.25, -0.2) is 4.52 Å². The van der Waals surface area contributed by atoms with Gasteiger partial charge in [-0.05, 0) is 12.1 Å². The largest absolute Gasteiger partial charge is 0.352 e. The summed E-state index contributed by atoms with van der Waals surface area (Å²) in [4.78, 5) is 6.85. The van der Waals surface area contributed by atoms with E-state index < -0.39 is 0 Å². The van der Waals surface area contributed by atoms with Gasteiger partial charge in [-0.1, -0.05) is 6.07 Å². The molecule has 3 rings (SSSR count). The number of hydrogen-bond donors (Lipinski definition) is 2. The quantitative estimate of drug-likeness (QED) is 0.798. The van der Waals surface area contributed by atoms with Crippen molar-refractivity contribution in [2.75, 3.05) is 44.6 Å². The van der Waals surface area contributed by atoms with Crippen LogP contribution in [0.1, 0.15) is 0 Å². The third-order valence-corrected chi connectivity index (χ3v) is 3.16. The van der Waals surface area contributed by atoms with Gasteiger partial charge in [0.25, 0.3) is 0 Å². The second-order valence-electron chi connectivity index (χ2n) is 4.46. The van der Waals surface area contributed by atoms with Crippen molar-refractivity contribution in [3.63, 3.8) is 0 Å². The Kier molecular flexibility index (Phi) is 3.38. The van der Waals surface area contributed by atoms with Crippen LogP contribution in [0.2, 0.25) is 0 Å². The first-order valence-electron chi connectivity index (χ1n) is 6.40. The third kappa shape index (κ3) is 2.60. The first-order chi connectivity index (χ1) is 8.92. The standard InChI is InChI=1S/C12H18N6/c1-2-7-18-11(3-1)15-12(16-18)14-6-10-17-8-4-13-5-9-17/h1-3,7,13H,4-6,8-10H2,(H,14,16). The summed E-state index contributed by atoms with van der Waals surface area (Å²) in [5.41, 5.74) is 0.877. The van der Waals surface area contributed by atoms with E-state index in [2.05, 4.69) is 25.6 Å². The van der Waals surface area contributed by atoms with Crippen molar-refractivity contribution in [3.8, 4) is 0 Å². The van der Waals surface area contributed by atoms with Gasteiger partial charge in [0.1, 0.15) is 0 Å². The number of aromatic nitrogens is 3. The number of fused-ring (bicyclic) bond motifs is 1. The summed E-state index contributed by atoms with van der Waals surface area (Å²) in [6.45, 7) is 6.36. The molecule has 0 bridgehead atoms. The molecule has 0 unspecified atom stereocenters. The van der Waals surface area contributed by atoms with Crippen LogP contribution in [0.25, 0.3) is 5.65 Å². The molecule has 6 nitrogen and oxygen atoms in total. The molecule has 1 aliphatic rings. The van der Waals surface area contributed by atoms with E-state index in [4.69, 9.17) is 0 Å². The molecule has 0 spiro atoms. The fourth-order valence-electron chi connectivity index (χ4n) is 2.17. The monoisotopic (exact) mass is 246 g/mol. The van der Waals surface area contributed by atoms with Gasteiger partial charge in [0, 0.05) is 45.5 Å². The maximum atomic E-state index is 4.41. The summed E-state index contributed by atoms with van der Waals surface area (Å²) < 4.78 is 1.78. The molecule has 0 aliphatic carbocycles. The van der Waals surface area contributed by atoms with Crippen molar-refractivity contribution in [3.05, 3.63) is 24.4 Å². The van der Waals surface area contributed by atoms with Crippen LogP contribution in [-0.4, -0.2) is 58.8 Å². The molecule has 0 saturated carbocycles. The van der Waals surface area contributed by atoms with Gasteiger partial charge in [0.2, 0.25) is 5.95 Å². The van der Waals surface area contributed by atoms with Gasteiger partial charge in [-0.15, -0.1) is 5.10 Å². The first-order valence-corrected chi connectivity index (χ1v) is 6.40. The topological polar surface area (TPSA) is 57.5 Å². The lowest BCUT2D eigenvalue weighted by Crippen LogP contribution is -2.45. The van der Waals surface area contributed by atoms with Crippen molar-refractivity contribution in [1.29, 1.82) is 0 Å². The Balaban J connectivity index is 1.53. The van der Waals surface area contributed by atoms with Gasteiger partial charge < -0.3 is 10.6 Å². The molecule has 1 saturated heterocycles. The molecule has 1 fully saturated rings. The molecule has 3 heterocycles. The van der Waals surface area contributed by atoms with Crippen LogP contribution < -0.4 is 10.6 Å². The number of hydrogen-bond acceptors (Lipinski definition) is 5. The van der Waals surface area contributed by atoms with E-state index in [-0.39, 0.29) is 0 Å². The Morgan fingerprint density at radius 3 is 3.00 bits per heavy atom. The number of anilines is 1. The zero-order valence-corrected chi connectivity index (χ0v) is 10.3. The van der Waals surface area contributed by atoms with Crippen molar-refractivity contribution in [2.45, 2.75) is 0 Å². The van der Waals surface area contributed by atoms with Gasteiger partial charge in [-0.2, -0.15) is 4.98 Å². The van der Waals surface area contributed by atoms with Crippen molar-refractivity contribution < 1.29 is 0 Å². The maximum absolute atomic E-state index is 4.41. The molecule has 6 heteroatoms. The lowest BCUT2D eigenvalue weighted by Gasteiger charge is -2.26. The minimum absolute atomic E-state index is 0.705. The number of piperazine rings is 1. The highest BCUT2D eigenvalue weighted by Crippen LogP contribution is 2.04. The van der Waals surface area contributed by atoms with E-state index in [1.807, 2.05) is 24.4 Å². The smallest absolute Gasteiger partial charge is 0.243 e. The van der Waals surface area contributed by atoms with Crippen molar-refractivity contribution in [1.82, 2.24) is 24.8 Å². The Labute approximate surface area is 106 Å². The van der Waals surface area contributed by atoms with Crippen LogP contribution in [0.4, 0.5) is 5.95 Å². The molecule has 2 aromatic heterocycles. The molecule has 0 aromatic carbocycles. The Morgan fingerprint density at radius 2 is 2.17 bits per heavy atom. The minimum atomic E-state index is 0.705. The number of nitrogens with one attached hydrogen (secondary N) is 2. The highest BCUT2D eigenvalue weighted by atomic mass is 15.3. The second kappa shape index (κ2) is 5.32. The average Bonchev–Trinajstić information content (AvgIpc) is 2.82. The lowest BCUT2D eigenvalue weighted by atomic mass is 10.3. The molecule has 1 aliphatic heterocycles. The molecule has 0 atom stereocenters. The predicted octanol–water partition coefficient (Wildman–Crippen LogP) is 0.0464. The summed E-state index contributed by atoms with van der Waals surface area (Å²) in [5.74, 6) is 0.705. The Bertz CT molecular complexity index is 469. The van der Waals surface area contributed by atoms with Gasteiger partial charge in [0.05, 0.1) is 0 Å². The molecular weight excluding hydrogens is 228 g/mol. The third-order valence-electron chi connectivity index (χ3n) is 3.16. The average molecular weight is 246 g/mol. The minimum Gasteiger partial charge on any atom is -0.352 e. The zero-order chi connectivity index (χ0) is 12.2. The Hall–Kier alpha value is -1.66. The molecule has 2 N–H and O–H groups in total. The number of rotatable bonds is 4. The van der Waals surface area contributed by atoms with Crippen LogP contribution in [0, 0.1) is 0 Å². The summed E-state index contributed by atoms with van der Waals surface area (Å²) in [6.07, 6.45) is 1.91.